The van der Waals surface area contributed by atoms with E-state index in [0.29, 0.717) is 6.61 Å². The van der Waals surface area contributed by atoms with E-state index in [2.05, 4.69) is 0 Å². The average molecular weight is 159 g/mol. The van der Waals surface area contributed by atoms with E-state index < -0.39 is 0 Å². The summed E-state index contributed by atoms with van der Waals surface area (Å²) in [7, 11) is 0. The minimum Gasteiger partial charge on any atom is -0.374 e. The maximum Gasteiger partial charge on any atom is 0.175 e. The monoisotopic (exact) mass is 159 g/mol. The zero-order valence-electron chi connectivity index (χ0n) is 7.46. The van der Waals surface area contributed by atoms with Crippen molar-refractivity contribution in [1.82, 2.24) is 0 Å². The first kappa shape index (κ1) is 10.6. The standard InChI is InChI=1S/C8H17NO2/c1-4-11-5-7(10)8(9)6(2)3/h6,8H,4-5,9H2,1-3H3. The summed E-state index contributed by atoms with van der Waals surface area (Å²) in [5.41, 5.74) is 5.57. The highest BCUT2D eigenvalue weighted by molar-refractivity contribution is 5.85. The number of carbonyl (C=O) groups is 1. The van der Waals surface area contributed by atoms with E-state index >= 15 is 0 Å². The Labute approximate surface area is 67.9 Å². The van der Waals surface area contributed by atoms with Crippen LogP contribution in [0.2, 0.25) is 0 Å². The summed E-state index contributed by atoms with van der Waals surface area (Å²) in [5.74, 6) is 0.185. The molecule has 0 fully saturated rings. The lowest BCUT2D eigenvalue weighted by molar-refractivity contribution is -0.125. The van der Waals surface area contributed by atoms with Gasteiger partial charge in [0.25, 0.3) is 0 Å². The number of hydrogen-bond acceptors (Lipinski definition) is 3. The molecular weight excluding hydrogens is 142 g/mol. The molecule has 1 atom stereocenters. The number of carbonyl (C=O) groups excluding carboxylic acids is 1. The van der Waals surface area contributed by atoms with Crippen LogP contribution in [0.3, 0.4) is 0 Å². The maximum atomic E-state index is 11.1. The zero-order valence-corrected chi connectivity index (χ0v) is 7.46. The van der Waals surface area contributed by atoms with E-state index in [1.807, 2.05) is 20.8 Å². The molecule has 11 heavy (non-hydrogen) atoms. The SMILES string of the molecule is CCOCC(=O)C(N)C(C)C. The largest absolute Gasteiger partial charge is 0.374 e. The van der Waals surface area contributed by atoms with Gasteiger partial charge in [0.15, 0.2) is 5.78 Å². The van der Waals surface area contributed by atoms with Crippen LogP contribution in [0.5, 0.6) is 0 Å². The van der Waals surface area contributed by atoms with Gasteiger partial charge in [-0.05, 0) is 12.8 Å². The maximum absolute atomic E-state index is 11.1. The van der Waals surface area contributed by atoms with Gasteiger partial charge in [-0.25, -0.2) is 0 Å². The third kappa shape index (κ3) is 4.11. The van der Waals surface area contributed by atoms with Gasteiger partial charge >= 0.3 is 0 Å². The van der Waals surface area contributed by atoms with E-state index in [0.717, 1.165) is 0 Å². The fraction of sp³-hybridized carbons (Fsp3) is 0.875. The van der Waals surface area contributed by atoms with Crippen LogP contribution in [0.25, 0.3) is 0 Å². The van der Waals surface area contributed by atoms with E-state index in [1.54, 1.807) is 0 Å². The van der Waals surface area contributed by atoms with Gasteiger partial charge in [0.2, 0.25) is 0 Å². The van der Waals surface area contributed by atoms with Crippen molar-refractivity contribution in [1.29, 1.82) is 0 Å². The van der Waals surface area contributed by atoms with Crippen molar-refractivity contribution in [3.05, 3.63) is 0 Å². The lowest BCUT2D eigenvalue weighted by Crippen LogP contribution is -2.37. The molecule has 0 rings (SSSR count). The van der Waals surface area contributed by atoms with Crippen molar-refractivity contribution in [3.63, 3.8) is 0 Å². The fourth-order valence-electron chi connectivity index (χ4n) is 0.671. The van der Waals surface area contributed by atoms with Gasteiger partial charge < -0.3 is 10.5 Å². The first-order valence-electron chi connectivity index (χ1n) is 3.95. The first-order valence-corrected chi connectivity index (χ1v) is 3.95. The summed E-state index contributed by atoms with van der Waals surface area (Å²) in [6.07, 6.45) is 0. The molecule has 2 N–H and O–H groups in total. The summed E-state index contributed by atoms with van der Waals surface area (Å²) < 4.78 is 4.94. The Morgan fingerprint density at radius 3 is 2.45 bits per heavy atom. The molecular formula is C8H17NO2. The van der Waals surface area contributed by atoms with E-state index in [9.17, 15) is 4.79 Å². The second-order valence-electron chi connectivity index (χ2n) is 2.87. The summed E-state index contributed by atoms with van der Waals surface area (Å²) >= 11 is 0. The van der Waals surface area contributed by atoms with Crippen molar-refractivity contribution >= 4 is 5.78 Å². The third-order valence-corrected chi connectivity index (χ3v) is 1.54. The molecule has 0 aliphatic heterocycles. The lowest BCUT2D eigenvalue weighted by atomic mass is 10.0. The molecule has 0 radical (unpaired) electrons. The zero-order chi connectivity index (χ0) is 8.85. The molecule has 66 valence electrons. The molecule has 3 nitrogen and oxygen atoms in total. The van der Waals surface area contributed by atoms with Gasteiger partial charge in [-0.3, -0.25) is 4.79 Å². The van der Waals surface area contributed by atoms with Crippen LogP contribution in [-0.4, -0.2) is 25.0 Å². The molecule has 0 aromatic rings. The van der Waals surface area contributed by atoms with Gasteiger partial charge in [-0.2, -0.15) is 0 Å². The van der Waals surface area contributed by atoms with Crippen LogP contribution < -0.4 is 5.73 Å². The molecule has 0 aromatic carbocycles. The molecule has 0 aliphatic carbocycles. The topological polar surface area (TPSA) is 52.3 Å². The fourth-order valence-corrected chi connectivity index (χ4v) is 0.671. The van der Waals surface area contributed by atoms with Crippen LogP contribution in [0.1, 0.15) is 20.8 Å². The molecule has 0 saturated heterocycles. The minimum absolute atomic E-state index is 0.0122. The summed E-state index contributed by atoms with van der Waals surface area (Å²) in [6.45, 7) is 6.42. The number of hydrogen-bond donors (Lipinski definition) is 1. The Morgan fingerprint density at radius 2 is 2.09 bits per heavy atom. The van der Waals surface area contributed by atoms with Crippen LogP contribution in [0.4, 0.5) is 0 Å². The summed E-state index contributed by atoms with van der Waals surface area (Å²) in [4.78, 5) is 11.1. The number of nitrogens with two attached hydrogens (primary N) is 1. The van der Waals surface area contributed by atoms with Crippen molar-refractivity contribution in [2.24, 2.45) is 11.7 Å². The van der Waals surface area contributed by atoms with Crippen molar-refractivity contribution in [2.75, 3.05) is 13.2 Å². The molecule has 0 aromatic heterocycles. The Morgan fingerprint density at radius 1 is 1.55 bits per heavy atom. The minimum atomic E-state index is -0.374. The molecule has 0 aliphatic rings. The van der Waals surface area contributed by atoms with Gasteiger partial charge in [0.1, 0.15) is 6.61 Å². The number of rotatable bonds is 5. The van der Waals surface area contributed by atoms with Gasteiger partial charge in [-0.1, -0.05) is 13.8 Å². The summed E-state index contributed by atoms with van der Waals surface area (Å²) in [5, 5.41) is 0. The van der Waals surface area contributed by atoms with Gasteiger partial charge in [0.05, 0.1) is 6.04 Å². The molecule has 0 amide bonds. The number of ether oxygens (including phenoxy) is 1. The first-order chi connectivity index (χ1) is 5.09. The highest BCUT2D eigenvalue weighted by Gasteiger charge is 2.16. The van der Waals surface area contributed by atoms with Crippen molar-refractivity contribution < 1.29 is 9.53 Å². The average Bonchev–Trinajstić information content (AvgIpc) is 1.98. The van der Waals surface area contributed by atoms with Crippen molar-refractivity contribution in [2.45, 2.75) is 26.8 Å². The third-order valence-electron chi connectivity index (χ3n) is 1.54. The molecule has 0 heterocycles. The van der Waals surface area contributed by atoms with E-state index in [-0.39, 0.29) is 24.3 Å². The quantitative estimate of drug-likeness (QED) is 0.638. The highest BCUT2D eigenvalue weighted by atomic mass is 16.5. The molecule has 3 heteroatoms. The second kappa shape index (κ2) is 5.27. The normalized spacial score (nSPS) is 13.5. The summed E-state index contributed by atoms with van der Waals surface area (Å²) in [6, 6.07) is -0.374. The Bertz CT molecular complexity index is 123. The van der Waals surface area contributed by atoms with Crippen LogP contribution in [0.15, 0.2) is 0 Å². The smallest absolute Gasteiger partial charge is 0.175 e. The Hall–Kier alpha value is -0.410. The highest BCUT2D eigenvalue weighted by Crippen LogP contribution is 1.99. The predicted molar refractivity (Wildman–Crippen MR) is 44.3 cm³/mol. The molecule has 0 spiro atoms. The number of Topliss-reactive ketones (excluding diaryl/α,β-unsaturated/α-hetero) is 1. The van der Waals surface area contributed by atoms with Gasteiger partial charge in [0, 0.05) is 6.61 Å². The number of ketones is 1. The van der Waals surface area contributed by atoms with E-state index in [4.69, 9.17) is 10.5 Å². The van der Waals surface area contributed by atoms with Crippen LogP contribution in [0, 0.1) is 5.92 Å². The molecule has 0 saturated carbocycles. The van der Waals surface area contributed by atoms with Crippen LogP contribution >= 0.6 is 0 Å². The van der Waals surface area contributed by atoms with Gasteiger partial charge in [-0.15, -0.1) is 0 Å². The second-order valence-corrected chi connectivity index (χ2v) is 2.87. The van der Waals surface area contributed by atoms with Crippen molar-refractivity contribution in [3.8, 4) is 0 Å². The molecule has 0 bridgehead atoms. The Kier molecular flexibility index (Phi) is 5.07. The van der Waals surface area contributed by atoms with E-state index in [1.165, 1.54) is 0 Å². The molecule has 1 unspecified atom stereocenters. The lowest BCUT2D eigenvalue weighted by Gasteiger charge is -2.13. The Balaban J connectivity index is 3.64. The van der Waals surface area contributed by atoms with Crippen LogP contribution in [-0.2, 0) is 9.53 Å². The predicted octanol–water partition coefficient (Wildman–Crippen LogP) is 0.575.